The predicted octanol–water partition coefficient (Wildman–Crippen LogP) is 2.46. The van der Waals surface area contributed by atoms with E-state index in [0.29, 0.717) is 17.9 Å². The maximum atomic E-state index is 8.91. The summed E-state index contributed by atoms with van der Waals surface area (Å²) in [5.41, 5.74) is 0.573. The molecule has 2 rings (SSSR count). The Labute approximate surface area is 110 Å². The van der Waals surface area contributed by atoms with E-state index in [-0.39, 0.29) is 0 Å². The summed E-state index contributed by atoms with van der Waals surface area (Å²) < 4.78 is 7.36. The van der Waals surface area contributed by atoms with Crippen LogP contribution < -0.4 is 4.74 Å². The molecule has 1 aromatic heterocycles. The van der Waals surface area contributed by atoms with Crippen LogP contribution in [0.1, 0.15) is 5.56 Å². The van der Waals surface area contributed by atoms with Gasteiger partial charge in [-0.1, -0.05) is 12.1 Å². The smallest absolute Gasteiger partial charge is 0.137 e. The van der Waals surface area contributed by atoms with Crippen LogP contribution in [0.25, 0.3) is 0 Å². The van der Waals surface area contributed by atoms with Gasteiger partial charge < -0.3 is 4.74 Å². The SMILES string of the molecule is Cn1cc(SCCOc2ccccc2C#N)cn1. The zero-order valence-corrected chi connectivity index (χ0v) is 10.9. The molecule has 0 radical (unpaired) electrons. The molecule has 5 heteroatoms. The molecule has 1 heterocycles. The number of para-hydroxylation sites is 1. The average Bonchev–Trinajstić information content (AvgIpc) is 2.81. The van der Waals surface area contributed by atoms with Crippen LogP contribution in [0.3, 0.4) is 0 Å². The Morgan fingerprint density at radius 2 is 2.28 bits per heavy atom. The highest BCUT2D eigenvalue weighted by Crippen LogP contribution is 2.19. The number of benzene rings is 1. The summed E-state index contributed by atoms with van der Waals surface area (Å²) >= 11 is 1.68. The summed E-state index contributed by atoms with van der Waals surface area (Å²) in [6.07, 6.45) is 3.79. The minimum atomic E-state index is 0.568. The Kier molecular flexibility index (Phi) is 4.26. The minimum absolute atomic E-state index is 0.568. The first kappa shape index (κ1) is 12.5. The molecule has 0 saturated carbocycles. The lowest BCUT2D eigenvalue weighted by atomic mass is 10.2. The van der Waals surface area contributed by atoms with Gasteiger partial charge in [0.05, 0.1) is 18.4 Å². The van der Waals surface area contributed by atoms with Crippen molar-refractivity contribution in [3.8, 4) is 11.8 Å². The number of hydrogen-bond donors (Lipinski definition) is 0. The fraction of sp³-hybridized carbons (Fsp3) is 0.231. The monoisotopic (exact) mass is 259 g/mol. The molecule has 0 atom stereocenters. The Balaban J connectivity index is 1.80. The Hall–Kier alpha value is -1.93. The molecule has 1 aromatic carbocycles. The van der Waals surface area contributed by atoms with Crippen molar-refractivity contribution >= 4 is 11.8 Å². The van der Waals surface area contributed by atoms with Crippen molar-refractivity contribution in [2.24, 2.45) is 7.05 Å². The van der Waals surface area contributed by atoms with Crippen LogP contribution in [0.15, 0.2) is 41.6 Å². The number of thioether (sulfide) groups is 1. The first-order valence-electron chi connectivity index (χ1n) is 5.53. The number of hydrogen-bond acceptors (Lipinski definition) is 4. The Morgan fingerprint density at radius 1 is 1.44 bits per heavy atom. The van der Waals surface area contributed by atoms with Gasteiger partial charge in [0, 0.05) is 23.9 Å². The molecule has 0 saturated heterocycles. The van der Waals surface area contributed by atoms with Crippen LogP contribution in [-0.2, 0) is 7.05 Å². The molecule has 0 aliphatic heterocycles. The maximum Gasteiger partial charge on any atom is 0.137 e. The molecule has 0 bridgehead atoms. The summed E-state index contributed by atoms with van der Waals surface area (Å²) in [5, 5.41) is 13.0. The topological polar surface area (TPSA) is 50.8 Å². The normalized spacial score (nSPS) is 10.0. The molecule has 0 fully saturated rings. The fourth-order valence-electron chi connectivity index (χ4n) is 1.47. The van der Waals surface area contributed by atoms with Gasteiger partial charge in [-0.3, -0.25) is 4.68 Å². The van der Waals surface area contributed by atoms with Crippen LogP contribution in [0.4, 0.5) is 0 Å². The lowest BCUT2D eigenvalue weighted by molar-refractivity contribution is 0.343. The van der Waals surface area contributed by atoms with Gasteiger partial charge in [-0.25, -0.2) is 0 Å². The molecular weight excluding hydrogens is 246 g/mol. The summed E-state index contributed by atoms with van der Waals surface area (Å²) in [7, 11) is 1.89. The van der Waals surface area contributed by atoms with Crippen LogP contribution in [0.2, 0.25) is 0 Å². The highest BCUT2D eigenvalue weighted by atomic mass is 32.2. The van der Waals surface area contributed by atoms with E-state index in [4.69, 9.17) is 10.00 Å². The second-order valence-electron chi connectivity index (χ2n) is 3.65. The zero-order valence-electron chi connectivity index (χ0n) is 10.0. The lowest BCUT2D eigenvalue weighted by Gasteiger charge is -2.06. The zero-order chi connectivity index (χ0) is 12.8. The summed E-state index contributed by atoms with van der Waals surface area (Å²) in [5.74, 6) is 1.47. The van der Waals surface area contributed by atoms with Crippen LogP contribution in [-0.4, -0.2) is 22.1 Å². The molecule has 0 aliphatic carbocycles. The van der Waals surface area contributed by atoms with Crippen molar-refractivity contribution in [1.29, 1.82) is 5.26 Å². The molecule has 0 aliphatic rings. The van der Waals surface area contributed by atoms with Gasteiger partial charge in [0.15, 0.2) is 0 Å². The summed E-state index contributed by atoms with van der Waals surface area (Å²) in [6.45, 7) is 0.568. The van der Waals surface area contributed by atoms with E-state index in [1.165, 1.54) is 0 Å². The highest BCUT2D eigenvalue weighted by molar-refractivity contribution is 7.99. The van der Waals surface area contributed by atoms with Crippen LogP contribution >= 0.6 is 11.8 Å². The molecule has 92 valence electrons. The Morgan fingerprint density at radius 3 is 3.00 bits per heavy atom. The Bertz CT molecular complexity index is 559. The van der Waals surface area contributed by atoms with E-state index in [2.05, 4.69) is 11.2 Å². The fourth-order valence-corrected chi connectivity index (χ4v) is 2.22. The second kappa shape index (κ2) is 6.12. The van der Waals surface area contributed by atoms with E-state index in [1.807, 2.05) is 37.6 Å². The predicted molar refractivity (Wildman–Crippen MR) is 70.6 cm³/mol. The molecule has 0 N–H and O–H groups in total. The van der Waals surface area contributed by atoms with Crippen molar-refractivity contribution in [1.82, 2.24) is 9.78 Å². The van der Waals surface area contributed by atoms with Gasteiger partial charge in [0.2, 0.25) is 0 Å². The van der Waals surface area contributed by atoms with Gasteiger partial charge in [-0.2, -0.15) is 10.4 Å². The third-order valence-corrected chi connectivity index (χ3v) is 3.21. The minimum Gasteiger partial charge on any atom is -0.491 e. The maximum absolute atomic E-state index is 8.91. The molecule has 0 unspecified atom stereocenters. The van der Waals surface area contributed by atoms with Gasteiger partial charge in [0.25, 0.3) is 0 Å². The number of nitrogens with zero attached hydrogens (tertiary/aromatic N) is 3. The molecule has 0 amide bonds. The van der Waals surface area contributed by atoms with Crippen molar-refractivity contribution in [2.45, 2.75) is 4.90 Å². The van der Waals surface area contributed by atoms with Crippen molar-refractivity contribution in [3.05, 3.63) is 42.2 Å². The van der Waals surface area contributed by atoms with E-state index < -0.39 is 0 Å². The quantitative estimate of drug-likeness (QED) is 0.611. The van der Waals surface area contributed by atoms with E-state index >= 15 is 0 Å². The van der Waals surface area contributed by atoms with E-state index in [9.17, 15) is 0 Å². The number of rotatable bonds is 5. The molecule has 0 spiro atoms. The van der Waals surface area contributed by atoms with Gasteiger partial charge >= 0.3 is 0 Å². The first-order chi connectivity index (χ1) is 8.79. The van der Waals surface area contributed by atoms with Crippen molar-refractivity contribution in [3.63, 3.8) is 0 Å². The second-order valence-corrected chi connectivity index (χ2v) is 4.82. The van der Waals surface area contributed by atoms with E-state index in [0.717, 1.165) is 10.6 Å². The molecule has 18 heavy (non-hydrogen) atoms. The largest absolute Gasteiger partial charge is 0.491 e. The molecular formula is C13H13N3OS. The highest BCUT2D eigenvalue weighted by Gasteiger charge is 2.02. The van der Waals surface area contributed by atoms with E-state index in [1.54, 1.807) is 22.5 Å². The van der Waals surface area contributed by atoms with Crippen LogP contribution in [0, 0.1) is 11.3 Å². The first-order valence-corrected chi connectivity index (χ1v) is 6.51. The summed E-state index contributed by atoms with van der Waals surface area (Å²) in [4.78, 5) is 1.12. The number of nitriles is 1. The lowest BCUT2D eigenvalue weighted by Crippen LogP contribution is -2.01. The van der Waals surface area contributed by atoms with Crippen molar-refractivity contribution in [2.75, 3.05) is 12.4 Å². The van der Waals surface area contributed by atoms with Gasteiger partial charge in [-0.15, -0.1) is 11.8 Å². The molecule has 4 nitrogen and oxygen atoms in total. The van der Waals surface area contributed by atoms with Gasteiger partial charge in [-0.05, 0) is 12.1 Å². The molecule has 2 aromatic rings. The summed E-state index contributed by atoms with van der Waals surface area (Å²) in [6, 6.07) is 9.37. The van der Waals surface area contributed by atoms with Crippen LogP contribution in [0.5, 0.6) is 5.75 Å². The standard InChI is InChI=1S/C13H13N3OS/c1-16-10-12(9-15-16)18-7-6-17-13-5-3-2-4-11(13)8-14/h2-5,9-10H,6-7H2,1H3. The third kappa shape index (κ3) is 3.28. The number of aryl methyl sites for hydroxylation is 1. The number of ether oxygens (including phenoxy) is 1. The van der Waals surface area contributed by atoms with Gasteiger partial charge in [0.1, 0.15) is 11.8 Å². The van der Waals surface area contributed by atoms with Crippen molar-refractivity contribution < 1.29 is 4.74 Å². The number of aromatic nitrogens is 2. The average molecular weight is 259 g/mol. The third-order valence-electron chi connectivity index (χ3n) is 2.30.